The molecular formula is C13H17F2NO3. The first-order valence-corrected chi connectivity index (χ1v) is 5.83. The monoisotopic (exact) mass is 273 g/mol. The fourth-order valence-electron chi connectivity index (χ4n) is 1.66. The average molecular weight is 273 g/mol. The molecule has 0 aromatic heterocycles. The van der Waals surface area contributed by atoms with Crippen molar-refractivity contribution < 1.29 is 23.4 Å². The zero-order valence-corrected chi connectivity index (χ0v) is 10.8. The average Bonchev–Trinajstić information content (AvgIpc) is 2.36. The molecule has 0 saturated carbocycles. The van der Waals surface area contributed by atoms with Crippen LogP contribution in [0.1, 0.15) is 17.3 Å². The van der Waals surface area contributed by atoms with E-state index in [2.05, 4.69) is 0 Å². The van der Waals surface area contributed by atoms with Gasteiger partial charge in [-0.3, -0.25) is 4.79 Å². The van der Waals surface area contributed by atoms with Crippen molar-refractivity contribution in [2.45, 2.75) is 19.5 Å². The highest BCUT2D eigenvalue weighted by molar-refractivity contribution is 5.94. The highest BCUT2D eigenvalue weighted by Crippen LogP contribution is 2.15. The molecule has 0 saturated heterocycles. The number of ether oxygens (including phenoxy) is 1. The van der Waals surface area contributed by atoms with Crippen LogP contribution in [0.3, 0.4) is 0 Å². The number of benzene rings is 1. The number of hydrogen-bond donors (Lipinski definition) is 1. The van der Waals surface area contributed by atoms with E-state index < -0.39 is 25.0 Å². The molecule has 1 aromatic rings. The minimum Gasteiger partial charge on any atom is -0.497 e. The molecule has 4 nitrogen and oxygen atoms in total. The van der Waals surface area contributed by atoms with Gasteiger partial charge in [0.05, 0.1) is 19.8 Å². The van der Waals surface area contributed by atoms with Crippen LogP contribution in [-0.2, 0) is 0 Å². The van der Waals surface area contributed by atoms with E-state index in [1.54, 1.807) is 12.1 Å². The lowest BCUT2D eigenvalue weighted by Crippen LogP contribution is -2.39. The van der Waals surface area contributed by atoms with E-state index in [0.29, 0.717) is 5.75 Å². The molecule has 1 amide bonds. The van der Waals surface area contributed by atoms with Crippen molar-refractivity contribution in [3.8, 4) is 5.75 Å². The molecule has 1 rings (SSSR count). The molecule has 0 aliphatic rings. The summed E-state index contributed by atoms with van der Waals surface area (Å²) in [5, 5.41) is 9.27. The standard InChI is InChI=1S/C13H17F2NO3/c1-9(17)7-16(8-12(14)15)13(18)10-4-3-5-11(6-10)19-2/h3-6,9,12,17H,7-8H2,1-2H3/t9-/m1/s1. The van der Waals surface area contributed by atoms with Gasteiger partial charge < -0.3 is 14.7 Å². The van der Waals surface area contributed by atoms with Crippen LogP contribution in [0, 0.1) is 0 Å². The summed E-state index contributed by atoms with van der Waals surface area (Å²) < 4.78 is 29.9. The first-order valence-electron chi connectivity index (χ1n) is 5.83. The zero-order chi connectivity index (χ0) is 14.4. The van der Waals surface area contributed by atoms with Crippen LogP contribution >= 0.6 is 0 Å². The maximum atomic E-state index is 12.5. The smallest absolute Gasteiger partial charge is 0.255 e. The van der Waals surface area contributed by atoms with Crippen LogP contribution < -0.4 is 4.74 Å². The van der Waals surface area contributed by atoms with Crippen molar-refractivity contribution in [1.29, 1.82) is 0 Å². The molecule has 1 N–H and O–H groups in total. The molecule has 0 heterocycles. The van der Waals surface area contributed by atoms with Gasteiger partial charge in [-0.05, 0) is 25.1 Å². The third-order valence-electron chi connectivity index (χ3n) is 2.45. The van der Waals surface area contributed by atoms with Gasteiger partial charge in [0, 0.05) is 12.1 Å². The fraction of sp³-hybridized carbons (Fsp3) is 0.462. The van der Waals surface area contributed by atoms with Crippen molar-refractivity contribution >= 4 is 5.91 Å². The Morgan fingerprint density at radius 3 is 2.63 bits per heavy atom. The number of aliphatic hydroxyl groups excluding tert-OH is 1. The summed E-state index contributed by atoms with van der Waals surface area (Å²) in [4.78, 5) is 13.0. The van der Waals surface area contributed by atoms with Crippen LogP contribution in [0.4, 0.5) is 8.78 Å². The minimum absolute atomic E-state index is 0.139. The molecule has 106 valence electrons. The number of rotatable bonds is 6. The molecule has 1 atom stereocenters. The second-order valence-corrected chi connectivity index (χ2v) is 4.18. The number of alkyl halides is 2. The molecule has 0 unspecified atom stereocenters. The number of amides is 1. The lowest BCUT2D eigenvalue weighted by Gasteiger charge is -2.23. The Labute approximate surface area is 110 Å². The SMILES string of the molecule is COc1cccc(C(=O)N(CC(F)F)C[C@@H](C)O)c1. The quantitative estimate of drug-likeness (QED) is 0.859. The van der Waals surface area contributed by atoms with Gasteiger partial charge in [-0.2, -0.15) is 0 Å². The number of methoxy groups -OCH3 is 1. The maximum absolute atomic E-state index is 12.5. The molecule has 6 heteroatoms. The molecule has 19 heavy (non-hydrogen) atoms. The summed E-state index contributed by atoms with van der Waals surface area (Å²) in [7, 11) is 1.45. The van der Waals surface area contributed by atoms with Crippen molar-refractivity contribution in [3.63, 3.8) is 0 Å². The normalized spacial score (nSPS) is 12.3. The van der Waals surface area contributed by atoms with Crippen LogP contribution in [0.15, 0.2) is 24.3 Å². The predicted octanol–water partition coefficient (Wildman–Crippen LogP) is 1.78. The van der Waals surface area contributed by atoms with Crippen LogP contribution in [-0.4, -0.2) is 48.6 Å². The number of halogens is 2. The van der Waals surface area contributed by atoms with Gasteiger partial charge in [-0.15, -0.1) is 0 Å². The van der Waals surface area contributed by atoms with Gasteiger partial charge >= 0.3 is 0 Å². The van der Waals surface area contributed by atoms with Crippen molar-refractivity contribution in [2.75, 3.05) is 20.2 Å². The molecule has 0 spiro atoms. The van der Waals surface area contributed by atoms with E-state index in [0.717, 1.165) is 4.90 Å². The topological polar surface area (TPSA) is 49.8 Å². The Bertz CT molecular complexity index is 414. The van der Waals surface area contributed by atoms with E-state index in [-0.39, 0.29) is 12.1 Å². The lowest BCUT2D eigenvalue weighted by molar-refractivity contribution is 0.0420. The Balaban J connectivity index is 2.90. The second kappa shape index (κ2) is 7.04. The molecular weight excluding hydrogens is 256 g/mol. The Morgan fingerprint density at radius 1 is 1.42 bits per heavy atom. The van der Waals surface area contributed by atoms with Crippen LogP contribution in [0.25, 0.3) is 0 Å². The van der Waals surface area contributed by atoms with E-state index in [4.69, 9.17) is 4.74 Å². The molecule has 0 aliphatic heterocycles. The van der Waals surface area contributed by atoms with Crippen LogP contribution in [0.2, 0.25) is 0 Å². The number of carbonyl (C=O) groups excluding carboxylic acids is 1. The van der Waals surface area contributed by atoms with E-state index in [1.165, 1.54) is 26.2 Å². The largest absolute Gasteiger partial charge is 0.497 e. The summed E-state index contributed by atoms with van der Waals surface area (Å²) in [6.45, 7) is 0.596. The van der Waals surface area contributed by atoms with Gasteiger partial charge in [0.2, 0.25) is 0 Å². The summed E-state index contributed by atoms with van der Waals surface area (Å²) in [6.07, 6.45) is -3.51. The van der Waals surface area contributed by atoms with Gasteiger partial charge in [0.1, 0.15) is 5.75 Å². The number of hydrogen-bond acceptors (Lipinski definition) is 3. The number of aliphatic hydroxyl groups is 1. The highest BCUT2D eigenvalue weighted by Gasteiger charge is 2.21. The van der Waals surface area contributed by atoms with E-state index in [1.807, 2.05) is 0 Å². The van der Waals surface area contributed by atoms with Crippen molar-refractivity contribution in [1.82, 2.24) is 4.90 Å². The fourth-order valence-corrected chi connectivity index (χ4v) is 1.66. The lowest BCUT2D eigenvalue weighted by atomic mass is 10.1. The third kappa shape index (κ3) is 4.82. The second-order valence-electron chi connectivity index (χ2n) is 4.18. The first kappa shape index (κ1) is 15.4. The third-order valence-corrected chi connectivity index (χ3v) is 2.45. The summed E-state index contributed by atoms with van der Waals surface area (Å²) in [6, 6.07) is 6.26. The van der Waals surface area contributed by atoms with Gasteiger partial charge in [0.25, 0.3) is 12.3 Å². The molecule has 1 aromatic carbocycles. The van der Waals surface area contributed by atoms with Crippen molar-refractivity contribution in [3.05, 3.63) is 29.8 Å². The van der Waals surface area contributed by atoms with Gasteiger partial charge in [-0.1, -0.05) is 6.07 Å². The summed E-state index contributed by atoms with van der Waals surface area (Å²) in [5.41, 5.74) is 0.251. The number of nitrogens with zero attached hydrogens (tertiary/aromatic N) is 1. The van der Waals surface area contributed by atoms with E-state index >= 15 is 0 Å². The minimum atomic E-state index is -2.65. The first-order chi connectivity index (χ1) is 8.93. The van der Waals surface area contributed by atoms with Gasteiger partial charge in [-0.25, -0.2) is 8.78 Å². The summed E-state index contributed by atoms with van der Waals surface area (Å²) in [5.74, 6) is -0.0833. The zero-order valence-electron chi connectivity index (χ0n) is 10.8. The van der Waals surface area contributed by atoms with Gasteiger partial charge in [0.15, 0.2) is 0 Å². The number of carbonyl (C=O) groups is 1. The van der Waals surface area contributed by atoms with Crippen molar-refractivity contribution in [2.24, 2.45) is 0 Å². The van der Waals surface area contributed by atoms with E-state index in [9.17, 15) is 18.7 Å². The molecule has 0 aliphatic carbocycles. The Hall–Kier alpha value is -1.69. The summed E-state index contributed by atoms with van der Waals surface area (Å²) >= 11 is 0. The molecule has 0 fully saturated rings. The highest BCUT2D eigenvalue weighted by atomic mass is 19.3. The Kier molecular flexibility index (Phi) is 5.69. The molecule has 0 radical (unpaired) electrons. The Morgan fingerprint density at radius 2 is 2.11 bits per heavy atom. The maximum Gasteiger partial charge on any atom is 0.255 e. The predicted molar refractivity (Wildman–Crippen MR) is 66.6 cm³/mol. The molecule has 0 bridgehead atoms. The van der Waals surface area contributed by atoms with Crippen LogP contribution in [0.5, 0.6) is 5.75 Å².